The summed E-state index contributed by atoms with van der Waals surface area (Å²) < 4.78 is 0.590. The number of piperidine rings is 1. The lowest BCUT2D eigenvalue weighted by atomic mass is 9.80. The lowest BCUT2D eigenvalue weighted by molar-refractivity contribution is -0.137. The van der Waals surface area contributed by atoms with Crippen LogP contribution in [0.15, 0.2) is 6.20 Å². The van der Waals surface area contributed by atoms with Crippen molar-refractivity contribution in [3.05, 3.63) is 15.5 Å². The zero-order chi connectivity index (χ0) is 13.3. The smallest absolute Gasteiger partial charge is 0.230 e. The highest BCUT2D eigenvalue weighted by Gasteiger charge is 2.38. The van der Waals surface area contributed by atoms with Gasteiger partial charge in [-0.2, -0.15) is 0 Å². The van der Waals surface area contributed by atoms with Gasteiger partial charge in [0.15, 0.2) is 0 Å². The van der Waals surface area contributed by atoms with Crippen LogP contribution < -0.4 is 5.32 Å². The average Bonchev–Trinajstić information content (AvgIpc) is 2.68. The molecule has 0 spiro atoms. The van der Waals surface area contributed by atoms with Crippen molar-refractivity contribution in [3.8, 4) is 0 Å². The summed E-state index contributed by atoms with van der Waals surface area (Å²) >= 11 is 7.23. The van der Waals surface area contributed by atoms with Crippen molar-refractivity contribution in [2.75, 3.05) is 0 Å². The molecule has 1 fully saturated rings. The Balaban J connectivity index is 2.27. The summed E-state index contributed by atoms with van der Waals surface area (Å²) in [5.41, 5.74) is 0. The average molecular weight is 287 g/mol. The van der Waals surface area contributed by atoms with Crippen LogP contribution in [-0.4, -0.2) is 16.8 Å². The molecule has 2 atom stereocenters. The monoisotopic (exact) mass is 286 g/mol. The highest BCUT2D eigenvalue weighted by atomic mass is 35.5. The standard InChI is InChI=1S/C12H15ClN2O2S/c1-6(2)3-7-8(4-10(16)15-11(7)17)12-14-5-9(13)18-12/h5-8H,3-4H2,1-2H3,(H,15,16,17). The van der Waals surface area contributed by atoms with Crippen LogP contribution in [0.4, 0.5) is 0 Å². The van der Waals surface area contributed by atoms with Gasteiger partial charge in [0, 0.05) is 18.3 Å². The zero-order valence-corrected chi connectivity index (χ0v) is 11.8. The third-order valence-electron chi connectivity index (χ3n) is 3.03. The minimum absolute atomic E-state index is 0.133. The maximum atomic E-state index is 11.9. The van der Waals surface area contributed by atoms with E-state index in [-0.39, 0.29) is 23.7 Å². The molecule has 1 saturated heterocycles. The second-order valence-corrected chi connectivity index (χ2v) is 6.66. The Morgan fingerprint density at radius 1 is 1.56 bits per heavy atom. The van der Waals surface area contributed by atoms with Crippen molar-refractivity contribution in [1.29, 1.82) is 0 Å². The molecule has 1 aromatic heterocycles. The van der Waals surface area contributed by atoms with Gasteiger partial charge in [0.05, 0.1) is 11.2 Å². The van der Waals surface area contributed by atoms with Gasteiger partial charge in [-0.3, -0.25) is 14.9 Å². The number of rotatable bonds is 3. The van der Waals surface area contributed by atoms with E-state index in [0.29, 0.717) is 16.7 Å². The summed E-state index contributed by atoms with van der Waals surface area (Å²) in [7, 11) is 0. The predicted molar refractivity (Wildman–Crippen MR) is 70.6 cm³/mol. The first-order valence-corrected chi connectivity index (χ1v) is 7.11. The first-order valence-electron chi connectivity index (χ1n) is 5.92. The van der Waals surface area contributed by atoms with Gasteiger partial charge in [-0.05, 0) is 12.3 Å². The Labute approximate surface area is 115 Å². The highest BCUT2D eigenvalue weighted by Crippen LogP contribution is 2.38. The van der Waals surface area contributed by atoms with Crippen molar-refractivity contribution in [1.82, 2.24) is 10.3 Å². The summed E-state index contributed by atoms with van der Waals surface area (Å²) in [4.78, 5) is 27.7. The molecule has 1 aromatic rings. The molecule has 1 aliphatic rings. The van der Waals surface area contributed by atoms with Crippen LogP contribution in [0.2, 0.25) is 4.34 Å². The molecule has 2 unspecified atom stereocenters. The van der Waals surface area contributed by atoms with Crippen molar-refractivity contribution in [2.45, 2.75) is 32.6 Å². The number of amides is 2. The number of nitrogens with one attached hydrogen (secondary N) is 1. The van der Waals surface area contributed by atoms with Gasteiger partial charge in [0.1, 0.15) is 4.34 Å². The van der Waals surface area contributed by atoms with E-state index < -0.39 is 0 Å². The summed E-state index contributed by atoms with van der Waals surface area (Å²) in [6, 6.07) is 0. The third kappa shape index (κ3) is 2.90. The minimum atomic E-state index is -0.226. The number of thiazole rings is 1. The molecule has 2 rings (SSSR count). The van der Waals surface area contributed by atoms with Crippen LogP contribution >= 0.6 is 22.9 Å². The number of nitrogens with zero attached hydrogens (tertiary/aromatic N) is 1. The first-order chi connectivity index (χ1) is 8.47. The van der Waals surface area contributed by atoms with Crippen molar-refractivity contribution >= 4 is 34.8 Å². The van der Waals surface area contributed by atoms with Crippen LogP contribution in [0, 0.1) is 11.8 Å². The van der Waals surface area contributed by atoms with Gasteiger partial charge in [-0.15, -0.1) is 11.3 Å². The van der Waals surface area contributed by atoms with Gasteiger partial charge >= 0.3 is 0 Å². The summed E-state index contributed by atoms with van der Waals surface area (Å²) in [5.74, 6) is -0.337. The molecule has 2 amide bonds. The summed E-state index contributed by atoms with van der Waals surface area (Å²) in [6.45, 7) is 4.13. The normalized spacial score (nSPS) is 24.4. The SMILES string of the molecule is CC(C)CC1C(=O)NC(=O)CC1c1ncc(Cl)s1. The molecule has 1 aliphatic heterocycles. The predicted octanol–water partition coefficient (Wildman–Crippen LogP) is 2.59. The molecule has 2 heterocycles. The number of hydrogen-bond acceptors (Lipinski definition) is 4. The number of carbonyl (C=O) groups is 2. The number of aromatic nitrogens is 1. The lowest BCUT2D eigenvalue weighted by Gasteiger charge is -2.29. The zero-order valence-electron chi connectivity index (χ0n) is 10.3. The molecule has 4 nitrogen and oxygen atoms in total. The van der Waals surface area contributed by atoms with Gasteiger partial charge in [0.25, 0.3) is 0 Å². The van der Waals surface area contributed by atoms with E-state index >= 15 is 0 Å². The Kier molecular flexibility index (Phi) is 4.02. The van der Waals surface area contributed by atoms with Gasteiger partial charge in [0.2, 0.25) is 11.8 Å². The van der Waals surface area contributed by atoms with Gasteiger partial charge in [-0.1, -0.05) is 25.4 Å². The summed E-state index contributed by atoms with van der Waals surface area (Å²) in [6.07, 6.45) is 2.64. The molecule has 0 radical (unpaired) electrons. The molecule has 0 saturated carbocycles. The number of carbonyl (C=O) groups excluding carboxylic acids is 2. The Morgan fingerprint density at radius 3 is 2.83 bits per heavy atom. The number of hydrogen-bond donors (Lipinski definition) is 1. The van der Waals surface area contributed by atoms with Crippen LogP contribution in [0.25, 0.3) is 0 Å². The molecule has 0 bridgehead atoms. The lowest BCUT2D eigenvalue weighted by Crippen LogP contribution is -2.45. The van der Waals surface area contributed by atoms with Crippen molar-refractivity contribution in [2.24, 2.45) is 11.8 Å². The van der Waals surface area contributed by atoms with Crippen LogP contribution in [-0.2, 0) is 9.59 Å². The Morgan fingerprint density at radius 2 is 2.28 bits per heavy atom. The van der Waals surface area contributed by atoms with Gasteiger partial charge < -0.3 is 0 Å². The molecule has 1 N–H and O–H groups in total. The fraction of sp³-hybridized carbons (Fsp3) is 0.583. The molecule has 6 heteroatoms. The van der Waals surface area contributed by atoms with Crippen molar-refractivity contribution < 1.29 is 9.59 Å². The van der Waals surface area contributed by atoms with Gasteiger partial charge in [-0.25, -0.2) is 4.98 Å². The fourth-order valence-electron chi connectivity index (χ4n) is 2.28. The molecular weight excluding hydrogens is 272 g/mol. The molecule has 0 aromatic carbocycles. The Hall–Kier alpha value is -0.940. The van der Waals surface area contributed by atoms with E-state index in [4.69, 9.17) is 11.6 Å². The quantitative estimate of drug-likeness (QED) is 0.869. The van der Waals surface area contributed by atoms with Crippen LogP contribution in [0.3, 0.4) is 0 Å². The third-order valence-corrected chi connectivity index (χ3v) is 4.28. The summed E-state index contributed by atoms with van der Waals surface area (Å²) in [5, 5.41) is 3.19. The first kappa shape index (κ1) is 13.5. The largest absolute Gasteiger partial charge is 0.296 e. The topological polar surface area (TPSA) is 59.1 Å². The maximum absolute atomic E-state index is 11.9. The second-order valence-electron chi connectivity index (χ2n) is 4.96. The number of halogens is 1. The fourth-order valence-corrected chi connectivity index (χ4v) is 3.38. The van der Waals surface area contributed by atoms with E-state index in [0.717, 1.165) is 11.4 Å². The minimum Gasteiger partial charge on any atom is -0.296 e. The highest BCUT2D eigenvalue weighted by molar-refractivity contribution is 7.15. The number of imide groups is 1. The van der Waals surface area contributed by atoms with E-state index in [9.17, 15) is 9.59 Å². The molecule has 0 aliphatic carbocycles. The van der Waals surface area contributed by atoms with E-state index in [2.05, 4.69) is 24.1 Å². The van der Waals surface area contributed by atoms with E-state index in [1.807, 2.05) is 0 Å². The maximum Gasteiger partial charge on any atom is 0.230 e. The molecule has 18 heavy (non-hydrogen) atoms. The van der Waals surface area contributed by atoms with E-state index in [1.54, 1.807) is 6.20 Å². The Bertz CT molecular complexity index is 472. The van der Waals surface area contributed by atoms with E-state index in [1.165, 1.54) is 11.3 Å². The van der Waals surface area contributed by atoms with Crippen LogP contribution in [0.5, 0.6) is 0 Å². The second kappa shape index (κ2) is 5.36. The molecular formula is C12H15ClN2O2S. The van der Waals surface area contributed by atoms with Crippen LogP contribution in [0.1, 0.15) is 37.6 Å². The van der Waals surface area contributed by atoms with Crippen molar-refractivity contribution in [3.63, 3.8) is 0 Å². The molecule has 98 valence electrons.